The summed E-state index contributed by atoms with van der Waals surface area (Å²) in [5, 5.41) is 0. The molecule has 1 saturated heterocycles. The van der Waals surface area contributed by atoms with Gasteiger partial charge in [-0.3, -0.25) is 9.78 Å². The average molecular weight is 313 g/mol. The number of carbonyl (C=O) groups excluding carboxylic acids is 1. The van der Waals surface area contributed by atoms with Crippen LogP contribution in [-0.2, 0) is 4.74 Å². The standard InChI is InChI=1S/C18H23N3O2/c1-11-9-21(10-12(2)23-11)18-16(14(4)22)13(3)17(20-18)15-5-7-19-8-6-15/h5-8,11-12,20H,9-10H2,1-4H3/t11-,12+. The van der Waals surface area contributed by atoms with Crippen LogP contribution in [-0.4, -0.2) is 41.0 Å². The minimum absolute atomic E-state index is 0.0841. The molecule has 0 unspecified atom stereocenters. The Kier molecular flexibility index (Phi) is 4.22. The summed E-state index contributed by atoms with van der Waals surface area (Å²) in [5.74, 6) is 0.990. The molecule has 0 spiro atoms. The van der Waals surface area contributed by atoms with Gasteiger partial charge in [-0.05, 0) is 45.4 Å². The summed E-state index contributed by atoms with van der Waals surface area (Å²) in [5.41, 5.74) is 3.80. The van der Waals surface area contributed by atoms with Crippen molar-refractivity contribution in [2.24, 2.45) is 0 Å². The lowest BCUT2D eigenvalue weighted by molar-refractivity contribution is -0.00548. The van der Waals surface area contributed by atoms with E-state index in [1.807, 2.05) is 19.1 Å². The van der Waals surface area contributed by atoms with Gasteiger partial charge in [-0.1, -0.05) is 0 Å². The molecule has 1 N–H and O–H groups in total. The maximum atomic E-state index is 12.2. The first kappa shape index (κ1) is 15.7. The molecule has 122 valence electrons. The summed E-state index contributed by atoms with van der Waals surface area (Å²) in [6.07, 6.45) is 3.82. The van der Waals surface area contributed by atoms with Crippen molar-refractivity contribution in [3.05, 3.63) is 35.7 Å². The van der Waals surface area contributed by atoms with E-state index in [1.165, 1.54) is 0 Å². The number of carbonyl (C=O) groups is 1. The first-order chi connectivity index (χ1) is 11.0. The third-order valence-electron chi connectivity index (χ3n) is 4.29. The van der Waals surface area contributed by atoms with Gasteiger partial charge in [0, 0.05) is 31.0 Å². The normalized spacial score (nSPS) is 21.5. The smallest absolute Gasteiger partial charge is 0.163 e. The molecule has 3 rings (SSSR count). The third-order valence-corrected chi connectivity index (χ3v) is 4.29. The molecule has 0 aliphatic carbocycles. The van der Waals surface area contributed by atoms with Crippen LogP contribution in [0.15, 0.2) is 24.5 Å². The zero-order chi connectivity index (χ0) is 16.6. The summed E-state index contributed by atoms with van der Waals surface area (Å²) in [4.78, 5) is 22.0. The molecule has 0 amide bonds. The number of morpholine rings is 1. The van der Waals surface area contributed by atoms with Crippen LogP contribution in [0.2, 0.25) is 0 Å². The van der Waals surface area contributed by atoms with Crippen molar-refractivity contribution < 1.29 is 9.53 Å². The number of H-pyrrole nitrogens is 1. The zero-order valence-electron chi connectivity index (χ0n) is 14.1. The number of ketones is 1. The zero-order valence-corrected chi connectivity index (χ0v) is 14.1. The number of nitrogens with zero attached hydrogens (tertiary/aromatic N) is 2. The van der Waals surface area contributed by atoms with Crippen molar-refractivity contribution in [2.75, 3.05) is 18.0 Å². The molecular formula is C18H23N3O2. The number of Topliss-reactive ketones (excluding diaryl/α,β-unsaturated/α-hetero) is 1. The van der Waals surface area contributed by atoms with Crippen LogP contribution in [0.4, 0.5) is 5.82 Å². The number of hydrogen-bond acceptors (Lipinski definition) is 4. The Morgan fingerprint density at radius 2 is 1.87 bits per heavy atom. The highest BCUT2D eigenvalue weighted by Crippen LogP contribution is 2.34. The number of aromatic nitrogens is 2. The Morgan fingerprint density at radius 1 is 1.26 bits per heavy atom. The molecule has 0 saturated carbocycles. The second-order valence-electron chi connectivity index (χ2n) is 6.30. The molecule has 1 aliphatic heterocycles. The molecule has 5 heteroatoms. The fourth-order valence-corrected chi connectivity index (χ4v) is 3.41. The lowest BCUT2D eigenvalue weighted by Crippen LogP contribution is -2.46. The van der Waals surface area contributed by atoms with Crippen LogP contribution in [0.3, 0.4) is 0 Å². The quantitative estimate of drug-likeness (QED) is 0.884. The van der Waals surface area contributed by atoms with Crippen molar-refractivity contribution >= 4 is 11.6 Å². The van der Waals surface area contributed by atoms with E-state index in [1.54, 1.807) is 19.3 Å². The highest BCUT2D eigenvalue weighted by atomic mass is 16.5. The van der Waals surface area contributed by atoms with Crippen LogP contribution >= 0.6 is 0 Å². The highest BCUT2D eigenvalue weighted by Gasteiger charge is 2.28. The summed E-state index contributed by atoms with van der Waals surface area (Å²) in [6.45, 7) is 9.31. The molecule has 0 aromatic carbocycles. The molecule has 1 aliphatic rings. The number of rotatable bonds is 3. The van der Waals surface area contributed by atoms with Crippen molar-refractivity contribution in [1.82, 2.24) is 9.97 Å². The maximum Gasteiger partial charge on any atom is 0.163 e. The Bertz CT molecular complexity index is 699. The number of pyridine rings is 1. The lowest BCUT2D eigenvalue weighted by Gasteiger charge is -2.36. The second-order valence-corrected chi connectivity index (χ2v) is 6.30. The van der Waals surface area contributed by atoms with Gasteiger partial charge >= 0.3 is 0 Å². The van der Waals surface area contributed by atoms with Crippen molar-refractivity contribution in [1.29, 1.82) is 0 Å². The Morgan fingerprint density at radius 3 is 2.43 bits per heavy atom. The number of anilines is 1. The lowest BCUT2D eigenvalue weighted by atomic mass is 10.0. The fraction of sp³-hybridized carbons (Fsp3) is 0.444. The molecule has 2 aromatic heterocycles. The van der Waals surface area contributed by atoms with Crippen molar-refractivity contribution in [3.63, 3.8) is 0 Å². The Labute approximate surface area is 136 Å². The molecule has 5 nitrogen and oxygen atoms in total. The van der Waals surface area contributed by atoms with E-state index in [0.29, 0.717) is 0 Å². The van der Waals surface area contributed by atoms with Gasteiger partial charge in [-0.2, -0.15) is 0 Å². The average Bonchev–Trinajstić information content (AvgIpc) is 2.85. The number of nitrogens with one attached hydrogen (secondary N) is 1. The molecule has 3 heterocycles. The molecule has 23 heavy (non-hydrogen) atoms. The van der Waals surface area contributed by atoms with E-state index in [2.05, 4.69) is 28.7 Å². The molecule has 0 radical (unpaired) electrons. The molecular weight excluding hydrogens is 290 g/mol. The SMILES string of the molecule is CC(=O)c1c(N2C[C@@H](C)O[C@@H](C)C2)[nH]c(-c2ccncc2)c1C. The third kappa shape index (κ3) is 3.01. The van der Waals surface area contributed by atoms with Crippen molar-refractivity contribution in [2.45, 2.75) is 39.9 Å². The van der Waals surface area contributed by atoms with Gasteiger partial charge in [-0.25, -0.2) is 0 Å². The predicted molar refractivity (Wildman–Crippen MR) is 91.0 cm³/mol. The van der Waals surface area contributed by atoms with E-state index in [-0.39, 0.29) is 18.0 Å². The summed E-state index contributed by atoms with van der Waals surface area (Å²) < 4.78 is 5.81. The minimum atomic E-state index is 0.0841. The van der Waals surface area contributed by atoms with Gasteiger partial charge in [0.1, 0.15) is 5.82 Å². The van der Waals surface area contributed by atoms with Crippen LogP contribution in [0.5, 0.6) is 0 Å². The molecule has 2 atom stereocenters. The predicted octanol–water partition coefficient (Wildman–Crippen LogP) is 3.20. The van der Waals surface area contributed by atoms with Gasteiger partial charge in [0.2, 0.25) is 0 Å². The topological polar surface area (TPSA) is 58.2 Å². The van der Waals surface area contributed by atoms with Crippen LogP contribution in [0.25, 0.3) is 11.3 Å². The summed E-state index contributed by atoms with van der Waals surface area (Å²) in [7, 11) is 0. The largest absolute Gasteiger partial charge is 0.372 e. The molecule has 1 fully saturated rings. The summed E-state index contributed by atoms with van der Waals surface area (Å²) in [6, 6.07) is 3.91. The van der Waals surface area contributed by atoms with E-state index in [9.17, 15) is 4.79 Å². The fourth-order valence-electron chi connectivity index (χ4n) is 3.41. The van der Waals surface area contributed by atoms with Gasteiger partial charge < -0.3 is 14.6 Å². The number of ether oxygens (including phenoxy) is 1. The van der Waals surface area contributed by atoms with Gasteiger partial charge in [-0.15, -0.1) is 0 Å². The van der Waals surface area contributed by atoms with Gasteiger partial charge in [0.25, 0.3) is 0 Å². The van der Waals surface area contributed by atoms with E-state index >= 15 is 0 Å². The molecule has 0 bridgehead atoms. The first-order valence-corrected chi connectivity index (χ1v) is 8.01. The molecule has 2 aromatic rings. The Balaban J connectivity index is 2.08. The minimum Gasteiger partial charge on any atom is -0.372 e. The van der Waals surface area contributed by atoms with Gasteiger partial charge in [0.15, 0.2) is 5.78 Å². The van der Waals surface area contributed by atoms with Crippen LogP contribution in [0, 0.1) is 6.92 Å². The van der Waals surface area contributed by atoms with E-state index in [4.69, 9.17) is 4.74 Å². The summed E-state index contributed by atoms with van der Waals surface area (Å²) >= 11 is 0. The monoisotopic (exact) mass is 313 g/mol. The van der Waals surface area contributed by atoms with Crippen LogP contribution in [0.1, 0.15) is 36.7 Å². The number of aromatic amines is 1. The van der Waals surface area contributed by atoms with E-state index < -0.39 is 0 Å². The Hall–Kier alpha value is -2.14. The van der Waals surface area contributed by atoms with Gasteiger partial charge in [0.05, 0.1) is 23.5 Å². The second kappa shape index (κ2) is 6.16. The first-order valence-electron chi connectivity index (χ1n) is 8.01. The maximum absolute atomic E-state index is 12.2. The van der Waals surface area contributed by atoms with E-state index in [0.717, 1.165) is 41.3 Å². The number of hydrogen-bond donors (Lipinski definition) is 1. The van der Waals surface area contributed by atoms with Crippen molar-refractivity contribution in [3.8, 4) is 11.3 Å². The highest BCUT2D eigenvalue weighted by molar-refractivity contribution is 6.02. The van der Waals surface area contributed by atoms with Crippen LogP contribution < -0.4 is 4.90 Å².